The molecule has 0 spiro atoms. The van der Waals surface area contributed by atoms with E-state index < -0.39 is 10.0 Å². The van der Waals surface area contributed by atoms with Crippen LogP contribution in [0.1, 0.15) is 11.3 Å². The largest absolute Gasteiger partial charge is 0.339 e. The number of aryl methyl sites for hydroxylation is 1. The summed E-state index contributed by atoms with van der Waals surface area (Å²) in [4.78, 5) is 23.5. The fourth-order valence-corrected chi connectivity index (χ4v) is 6.05. The standard InChI is InChI=1S/C24H23N5O3S2/c1-18-15-21(19-7-3-2-4-8-19)27-24(26-18)33-17-23(30)28-11-13-29(14-12-28)34(31,32)22-10-6-5-9-20(22)16-25/h2-10,15H,11-14,17H2,1H3. The first kappa shape index (κ1) is 23.9. The van der Waals surface area contributed by atoms with E-state index in [2.05, 4.69) is 9.97 Å². The Bertz CT molecular complexity index is 1330. The molecule has 0 unspecified atom stereocenters. The van der Waals surface area contributed by atoms with E-state index in [-0.39, 0.29) is 48.3 Å². The number of carbonyl (C=O) groups is 1. The third-order valence-corrected chi connectivity index (χ3v) is 8.23. The fourth-order valence-electron chi connectivity index (χ4n) is 3.68. The number of amides is 1. The van der Waals surface area contributed by atoms with Gasteiger partial charge >= 0.3 is 0 Å². The van der Waals surface area contributed by atoms with E-state index in [1.165, 1.54) is 28.2 Å². The van der Waals surface area contributed by atoms with Gasteiger partial charge in [-0.15, -0.1) is 0 Å². The van der Waals surface area contributed by atoms with Crippen molar-refractivity contribution in [1.82, 2.24) is 19.2 Å². The van der Waals surface area contributed by atoms with Gasteiger partial charge < -0.3 is 4.90 Å². The molecule has 0 saturated carbocycles. The van der Waals surface area contributed by atoms with E-state index in [0.717, 1.165) is 17.0 Å². The maximum atomic E-state index is 13.0. The molecule has 1 aliphatic heterocycles. The van der Waals surface area contributed by atoms with Crippen LogP contribution >= 0.6 is 11.8 Å². The van der Waals surface area contributed by atoms with Crippen molar-refractivity contribution < 1.29 is 13.2 Å². The highest BCUT2D eigenvalue weighted by molar-refractivity contribution is 7.99. The Morgan fingerprint density at radius 3 is 2.41 bits per heavy atom. The first-order valence-electron chi connectivity index (χ1n) is 10.7. The number of thioether (sulfide) groups is 1. The molecule has 0 bridgehead atoms. The van der Waals surface area contributed by atoms with Gasteiger partial charge in [-0.2, -0.15) is 9.57 Å². The molecule has 1 aromatic heterocycles. The summed E-state index contributed by atoms with van der Waals surface area (Å²) in [6.45, 7) is 2.83. The average Bonchev–Trinajstić information content (AvgIpc) is 2.87. The van der Waals surface area contributed by atoms with Crippen LogP contribution < -0.4 is 0 Å². The zero-order chi connectivity index (χ0) is 24.1. The van der Waals surface area contributed by atoms with Gasteiger partial charge in [-0.3, -0.25) is 4.79 Å². The molecule has 1 fully saturated rings. The van der Waals surface area contributed by atoms with Gasteiger partial charge in [0.1, 0.15) is 6.07 Å². The molecule has 174 valence electrons. The van der Waals surface area contributed by atoms with E-state index in [4.69, 9.17) is 0 Å². The highest BCUT2D eigenvalue weighted by Crippen LogP contribution is 2.23. The van der Waals surface area contributed by atoms with Crippen molar-refractivity contribution in [2.75, 3.05) is 31.9 Å². The molecule has 3 aromatic rings. The quantitative estimate of drug-likeness (QED) is 0.384. The minimum absolute atomic E-state index is 0.00125. The van der Waals surface area contributed by atoms with Crippen molar-refractivity contribution in [2.45, 2.75) is 17.0 Å². The van der Waals surface area contributed by atoms with Gasteiger partial charge in [0, 0.05) is 37.4 Å². The third-order valence-electron chi connectivity index (χ3n) is 5.44. The second-order valence-electron chi connectivity index (χ2n) is 7.72. The van der Waals surface area contributed by atoms with E-state index in [1.54, 1.807) is 17.0 Å². The molecule has 4 rings (SSSR count). The van der Waals surface area contributed by atoms with Crippen molar-refractivity contribution in [2.24, 2.45) is 0 Å². The number of sulfonamides is 1. The average molecular weight is 494 g/mol. The van der Waals surface area contributed by atoms with Crippen molar-refractivity contribution in [3.63, 3.8) is 0 Å². The van der Waals surface area contributed by atoms with Gasteiger partial charge in [-0.1, -0.05) is 54.2 Å². The smallest absolute Gasteiger partial charge is 0.244 e. The van der Waals surface area contributed by atoms with Gasteiger partial charge in [-0.25, -0.2) is 18.4 Å². The molecule has 1 amide bonds. The highest BCUT2D eigenvalue weighted by Gasteiger charge is 2.31. The Morgan fingerprint density at radius 1 is 1.03 bits per heavy atom. The van der Waals surface area contributed by atoms with Crippen molar-refractivity contribution in [1.29, 1.82) is 5.26 Å². The number of piperazine rings is 1. The zero-order valence-corrected chi connectivity index (χ0v) is 20.2. The van der Waals surface area contributed by atoms with Gasteiger partial charge in [0.05, 0.1) is 21.9 Å². The fraction of sp³-hybridized carbons (Fsp3) is 0.250. The molecular formula is C24H23N5O3S2. The number of hydrogen-bond donors (Lipinski definition) is 0. The summed E-state index contributed by atoms with van der Waals surface area (Å²) in [6, 6.07) is 19.8. The zero-order valence-electron chi connectivity index (χ0n) is 18.6. The van der Waals surface area contributed by atoms with E-state index in [1.807, 2.05) is 49.4 Å². The van der Waals surface area contributed by atoms with Crippen LogP contribution in [0.3, 0.4) is 0 Å². The lowest BCUT2D eigenvalue weighted by molar-refractivity contribution is -0.129. The van der Waals surface area contributed by atoms with Crippen LogP contribution in [0.25, 0.3) is 11.3 Å². The lowest BCUT2D eigenvalue weighted by Gasteiger charge is -2.34. The Balaban J connectivity index is 1.37. The molecular weight excluding hydrogens is 470 g/mol. The second kappa shape index (κ2) is 10.3. The lowest BCUT2D eigenvalue weighted by Crippen LogP contribution is -2.51. The first-order valence-corrected chi connectivity index (χ1v) is 13.1. The maximum Gasteiger partial charge on any atom is 0.244 e. The van der Waals surface area contributed by atoms with E-state index in [0.29, 0.717) is 5.16 Å². The molecule has 2 aromatic carbocycles. The monoisotopic (exact) mass is 493 g/mol. The SMILES string of the molecule is Cc1cc(-c2ccccc2)nc(SCC(=O)N2CCN(S(=O)(=O)c3ccccc3C#N)CC2)n1. The number of benzene rings is 2. The Kier molecular flexibility index (Phi) is 7.26. The summed E-state index contributed by atoms with van der Waals surface area (Å²) >= 11 is 1.27. The third kappa shape index (κ3) is 5.28. The number of nitriles is 1. The van der Waals surface area contributed by atoms with Gasteiger partial charge in [0.25, 0.3) is 0 Å². The van der Waals surface area contributed by atoms with Gasteiger partial charge in [0.15, 0.2) is 5.16 Å². The molecule has 34 heavy (non-hydrogen) atoms. The summed E-state index contributed by atoms with van der Waals surface area (Å²) in [5, 5.41) is 9.78. The highest BCUT2D eigenvalue weighted by atomic mass is 32.2. The Labute approximate surface area is 203 Å². The summed E-state index contributed by atoms with van der Waals surface area (Å²) in [6.07, 6.45) is 0. The number of hydrogen-bond acceptors (Lipinski definition) is 7. The molecule has 0 radical (unpaired) electrons. The number of rotatable bonds is 6. The van der Waals surface area contributed by atoms with Gasteiger partial charge in [0.2, 0.25) is 15.9 Å². The van der Waals surface area contributed by atoms with Crippen LogP contribution in [0.4, 0.5) is 0 Å². The Hall–Kier alpha value is -3.26. The maximum absolute atomic E-state index is 13.0. The minimum Gasteiger partial charge on any atom is -0.339 e. The van der Waals surface area contributed by atoms with Crippen molar-refractivity contribution in [3.8, 4) is 17.3 Å². The summed E-state index contributed by atoms with van der Waals surface area (Å²) in [5.74, 6) is 0.0765. The molecule has 10 heteroatoms. The molecule has 2 heterocycles. The summed E-state index contributed by atoms with van der Waals surface area (Å²) in [7, 11) is -3.80. The second-order valence-corrected chi connectivity index (χ2v) is 10.6. The number of nitrogens with zero attached hydrogens (tertiary/aromatic N) is 5. The molecule has 8 nitrogen and oxygen atoms in total. The van der Waals surface area contributed by atoms with Crippen molar-refractivity contribution in [3.05, 3.63) is 71.9 Å². The molecule has 0 atom stereocenters. The summed E-state index contributed by atoms with van der Waals surface area (Å²) in [5.41, 5.74) is 2.72. The van der Waals surface area contributed by atoms with E-state index >= 15 is 0 Å². The molecule has 0 N–H and O–H groups in total. The van der Waals surface area contributed by atoms with Crippen LogP contribution in [0.5, 0.6) is 0 Å². The summed E-state index contributed by atoms with van der Waals surface area (Å²) < 4.78 is 27.3. The topological polar surface area (TPSA) is 107 Å². The molecule has 0 aliphatic carbocycles. The van der Waals surface area contributed by atoms with Crippen LogP contribution in [0.15, 0.2) is 70.7 Å². The van der Waals surface area contributed by atoms with Crippen LogP contribution in [0, 0.1) is 18.3 Å². The Morgan fingerprint density at radius 2 is 1.71 bits per heavy atom. The predicted octanol–water partition coefficient (Wildman–Crippen LogP) is 2.95. The van der Waals surface area contributed by atoms with Crippen LogP contribution in [0.2, 0.25) is 0 Å². The predicted molar refractivity (Wildman–Crippen MR) is 129 cm³/mol. The van der Waals surface area contributed by atoms with Gasteiger partial charge in [-0.05, 0) is 25.1 Å². The lowest BCUT2D eigenvalue weighted by atomic mass is 10.1. The minimum atomic E-state index is -3.80. The molecule has 1 saturated heterocycles. The van der Waals surface area contributed by atoms with Crippen LogP contribution in [-0.2, 0) is 14.8 Å². The van der Waals surface area contributed by atoms with Crippen molar-refractivity contribution >= 4 is 27.7 Å². The van der Waals surface area contributed by atoms with E-state index in [9.17, 15) is 18.5 Å². The normalized spacial score (nSPS) is 14.5. The first-order chi connectivity index (χ1) is 16.4. The van der Waals surface area contributed by atoms with Crippen LogP contribution in [-0.4, -0.2) is 65.4 Å². The molecule has 1 aliphatic rings. The number of carbonyl (C=O) groups excluding carboxylic acids is 1. The number of aromatic nitrogens is 2.